The summed E-state index contributed by atoms with van der Waals surface area (Å²) in [6, 6.07) is 0. The van der Waals surface area contributed by atoms with Crippen LogP contribution in [0.1, 0.15) is 33.6 Å². The first kappa shape index (κ1) is 22.3. The van der Waals surface area contributed by atoms with Crippen molar-refractivity contribution in [1.82, 2.24) is 0 Å². The third kappa shape index (κ3) is 6.89. The summed E-state index contributed by atoms with van der Waals surface area (Å²) in [4.78, 5) is 19.5. The van der Waals surface area contributed by atoms with E-state index in [4.69, 9.17) is 13.8 Å². The van der Waals surface area contributed by atoms with Crippen molar-refractivity contribution in [2.45, 2.75) is 57.2 Å². The normalized spacial score (nSPS) is 33.1. The predicted octanol–water partition coefficient (Wildman–Crippen LogP) is 1.97. The number of methoxy groups -OCH3 is 1. The standard InChI is InChI=1S/C13H29BO8P2/c1-13(2,3)22-24(17,18)21-12-10(14)8-9(11(12)19-4)6-7-23(15,16)20-5/h9-12H,6-8,14H2,1-5H3,(H,15,16)(H,17,18)/t9-,10-,11+,12-/m0/s1. The van der Waals surface area contributed by atoms with E-state index >= 15 is 0 Å². The van der Waals surface area contributed by atoms with Crippen LogP contribution < -0.4 is 0 Å². The molecule has 24 heavy (non-hydrogen) atoms. The van der Waals surface area contributed by atoms with Crippen LogP contribution in [0.3, 0.4) is 0 Å². The lowest BCUT2D eigenvalue weighted by atomic mass is 9.83. The van der Waals surface area contributed by atoms with E-state index in [1.54, 1.807) is 20.8 Å². The Labute approximate surface area is 144 Å². The topological polar surface area (TPSA) is 112 Å². The van der Waals surface area contributed by atoms with Gasteiger partial charge in [-0.15, -0.1) is 0 Å². The molecule has 0 aliphatic heterocycles. The van der Waals surface area contributed by atoms with Crippen LogP contribution in [-0.2, 0) is 27.4 Å². The van der Waals surface area contributed by atoms with Gasteiger partial charge in [-0.2, -0.15) is 0 Å². The van der Waals surface area contributed by atoms with Gasteiger partial charge in [-0.1, -0.05) is 0 Å². The minimum absolute atomic E-state index is 0.00272. The number of hydrogen-bond acceptors (Lipinski definition) is 6. The lowest BCUT2D eigenvalue weighted by Gasteiger charge is -2.29. The molecule has 8 nitrogen and oxygen atoms in total. The highest BCUT2D eigenvalue weighted by atomic mass is 31.2. The molecule has 0 aromatic heterocycles. The van der Waals surface area contributed by atoms with Crippen molar-refractivity contribution in [2.75, 3.05) is 20.4 Å². The van der Waals surface area contributed by atoms with Crippen LogP contribution in [-0.4, -0.2) is 55.8 Å². The number of phosphoric ester groups is 1. The number of phosphoric acid groups is 1. The second-order valence-corrected chi connectivity index (χ2v) is 10.7. The van der Waals surface area contributed by atoms with Crippen LogP contribution in [0.15, 0.2) is 0 Å². The Morgan fingerprint density at radius 1 is 1.17 bits per heavy atom. The van der Waals surface area contributed by atoms with E-state index in [2.05, 4.69) is 4.52 Å². The van der Waals surface area contributed by atoms with Crippen LogP contribution in [0.4, 0.5) is 0 Å². The molecule has 0 heterocycles. The summed E-state index contributed by atoms with van der Waals surface area (Å²) in [5, 5.41) is 0. The average Bonchev–Trinajstić information content (AvgIpc) is 2.69. The fourth-order valence-electron chi connectivity index (χ4n) is 3.05. The zero-order valence-corrected chi connectivity index (χ0v) is 17.0. The number of ether oxygens (including phenoxy) is 1. The Kier molecular flexibility index (Phi) is 7.74. The van der Waals surface area contributed by atoms with Crippen LogP contribution in [0, 0.1) is 5.92 Å². The van der Waals surface area contributed by atoms with Gasteiger partial charge < -0.3 is 19.0 Å². The highest BCUT2D eigenvalue weighted by Gasteiger charge is 2.46. The van der Waals surface area contributed by atoms with Gasteiger partial charge in [0.2, 0.25) is 0 Å². The van der Waals surface area contributed by atoms with Crippen molar-refractivity contribution < 1.29 is 37.2 Å². The lowest BCUT2D eigenvalue weighted by Crippen LogP contribution is -2.32. The molecule has 0 amide bonds. The molecule has 0 radical (unpaired) electrons. The van der Waals surface area contributed by atoms with Crippen molar-refractivity contribution >= 4 is 23.3 Å². The Morgan fingerprint density at radius 2 is 1.75 bits per heavy atom. The van der Waals surface area contributed by atoms with E-state index in [0.29, 0.717) is 12.8 Å². The van der Waals surface area contributed by atoms with E-state index in [1.165, 1.54) is 14.2 Å². The van der Waals surface area contributed by atoms with Crippen molar-refractivity contribution in [2.24, 2.45) is 5.92 Å². The summed E-state index contributed by atoms with van der Waals surface area (Å²) in [5.41, 5.74) is -0.823. The molecule has 1 aliphatic rings. The Morgan fingerprint density at radius 3 is 2.21 bits per heavy atom. The Hall–Kier alpha value is 0.285. The van der Waals surface area contributed by atoms with E-state index in [9.17, 15) is 18.9 Å². The van der Waals surface area contributed by atoms with Crippen LogP contribution >= 0.6 is 15.4 Å². The highest BCUT2D eigenvalue weighted by Crippen LogP contribution is 2.54. The third-order valence-corrected chi connectivity index (χ3v) is 6.69. The molecule has 2 N–H and O–H groups in total. The summed E-state index contributed by atoms with van der Waals surface area (Å²) >= 11 is 0. The van der Waals surface area contributed by atoms with Crippen molar-refractivity contribution in [3.05, 3.63) is 0 Å². The van der Waals surface area contributed by atoms with Crippen LogP contribution in [0.2, 0.25) is 5.82 Å². The molecule has 1 saturated carbocycles. The van der Waals surface area contributed by atoms with Gasteiger partial charge in [0, 0.05) is 14.2 Å². The number of rotatable bonds is 8. The molecular formula is C13H29BO8P2. The lowest BCUT2D eigenvalue weighted by molar-refractivity contribution is -0.0280. The first-order chi connectivity index (χ1) is 10.8. The van der Waals surface area contributed by atoms with Gasteiger partial charge in [0.15, 0.2) is 0 Å². The SMILES string of the molecule is B[C@H]1C[C@H](CCP(=O)(O)OC)[C@@H](OC)[C@H]1OP(=O)(O)OC(C)(C)C. The molecular weight excluding hydrogens is 357 g/mol. The van der Waals surface area contributed by atoms with Gasteiger partial charge >= 0.3 is 15.4 Å². The summed E-state index contributed by atoms with van der Waals surface area (Å²) < 4.78 is 44.4. The van der Waals surface area contributed by atoms with Crippen LogP contribution in [0.25, 0.3) is 0 Å². The average molecular weight is 386 g/mol. The molecule has 11 heteroatoms. The van der Waals surface area contributed by atoms with Crippen LogP contribution in [0.5, 0.6) is 0 Å². The highest BCUT2D eigenvalue weighted by molar-refractivity contribution is 7.52. The molecule has 0 aromatic carbocycles. The summed E-state index contributed by atoms with van der Waals surface area (Å²) in [7, 11) is -3.26. The zero-order chi connectivity index (χ0) is 18.8. The Balaban J connectivity index is 2.78. The first-order valence-electron chi connectivity index (χ1n) is 7.92. The summed E-state index contributed by atoms with van der Waals surface area (Å²) in [6.45, 7) is 4.99. The van der Waals surface area contributed by atoms with E-state index in [1.807, 2.05) is 7.85 Å². The fraction of sp³-hybridized carbons (Fsp3) is 1.00. The van der Waals surface area contributed by atoms with Gasteiger partial charge in [-0.25, -0.2) is 4.57 Å². The monoisotopic (exact) mass is 386 g/mol. The van der Waals surface area contributed by atoms with Gasteiger partial charge in [0.1, 0.15) is 7.85 Å². The predicted molar refractivity (Wildman–Crippen MR) is 93.1 cm³/mol. The first-order valence-corrected chi connectivity index (χ1v) is 11.2. The molecule has 2 unspecified atom stereocenters. The number of hydrogen-bond donors (Lipinski definition) is 2. The third-order valence-electron chi connectivity index (χ3n) is 4.01. The molecule has 6 atom stereocenters. The fourth-order valence-corrected chi connectivity index (χ4v) is 5.26. The molecule has 0 saturated heterocycles. The molecule has 1 aliphatic carbocycles. The molecule has 0 spiro atoms. The molecule has 142 valence electrons. The van der Waals surface area contributed by atoms with Gasteiger partial charge in [0.05, 0.1) is 24.0 Å². The van der Waals surface area contributed by atoms with Crippen molar-refractivity contribution in [1.29, 1.82) is 0 Å². The largest absolute Gasteiger partial charge is 0.473 e. The minimum Gasteiger partial charge on any atom is -0.378 e. The van der Waals surface area contributed by atoms with Gasteiger partial charge in [-0.3, -0.25) is 13.6 Å². The maximum atomic E-state index is 12.2. The second kappa shape index (κ2) is 8.32. The summed E-state index contributed by atoms with van der Waals surface area (Å²) in [5.74, 6) is -0.120. The zero-order valence-electron chi connectivity index (χ0n) is 15.2. The molecule has 0 aromatic rings. The maximum Gasteiger partial charge on any atom is 0.473 e. The molecule has 1 rings (SSSR count). The van der Waals surface area contributed by atoms with E-state index in [-0.39, 0.29) is 17.9 Å². The second-order valence-electron chi connectivity index (χ2n) is 7.25. The van der Waals surface area contributed by atoms with E-state index < -0.39 is 33.2 Å². The van der Waals surface area contributed by atoms with Gasteiger partial charge in [0.25, 0.3) is 0 Å². The molecule has 0 bridgehead atoms. The van der Waals surface area contributed by atoms with Crippen molar-refractivity contribution in [3.63, 3.8) is 0 Å². The maximum absolute atomic E-state index is 12.2. The Bertz CT molecular complexity index is 509. The van der Waals surface area contributed by atoms with E-state index in [0.717, 1.165) is 0 Å². The van der Waals surface area contributed by atoms with Crippen molar-refractivity contribution in [3.8, 4) is 0 Å². The minimum atomic E-state index is -4.24. The summed E-state index contributed by atoms with van der Waals surface area (Å²) in [6.07, 6.45) is -0.0228. The quantitative estimate of drug-likeness (QED) is 0.481. The smallest absolute Gasteiger partial charge is 0.378 e. The molecule has 1 fully saturated rings. The van der Waals surface area contributed by atoms with Gasteiger partial charge in [-0.05, 0) is 45.3 Å².